The topological polar surface area (TPSA) is 37.3 Å². The Balaban J connectivity index is 2.93. The molecule has 0 saturated heterocycles. The van der Waals surface area contributed by atoms with Crippen LogP contribution < -0.4 is 0 Å². The zero-order chi connectivity index (χ0) is 8.86. The second kappa shape index (κ2) is 2.27. The van der Waals surface area contributed by atoms with Crippen molar-refractivity contribution < 1.29 is 9.90 Å². The third kappa shape index (κ3) is 0.828. The molecule has 0 heterocycles. The monoisotopic (exact) mass is 196 g/mol. The first-order valence-corrected chi connectivity index (χ1v) is 4.28. The fourth-order valence-corrected chi connectivity index (χ4v) is 2.68. The predicted octanol–water partition coefficient (Wildman–Crippen LogP) is 2.29. The van der Waals surface area contributed by atoms with E-state index in [0.717, 1.165) is 0 Å². The molecule has 1 N–H and O–H groups in total. The Bertz CT molecular complexity index is 203. The number of carbonyl (C=O) groups is 1. The maximum atomic E-state index is 10.8. The van der Waals surface area contributed by atoms with Crippen LogP contribution in [0.4, 0.5) is 0 Å². The summed E-state index contributed by atoms with van der Waals surface area (Å²) in [5, 5.41) is 8.84. The highest BCUT2D eigenvalue weighted by atomic mass is 35.5. The number of alkyl halides is 2. The fraction of sp³-hybridized carbons (Fsp3) is 0.857. The predicted molar refractivity (Wildman–Crippen MR) is 44.0 cm³/mol. The van der Waals surface area contributed by atoms with Crippen molar-refractivity contribution in [3.05, 3.63) is 0 Å². The number of halogens is 2. The molecule has 64 valence electrons. The number of carboxylic acid groups (broad SMARTS) is 1. The van der Waals surface area contributed by atoms with Gasteiger partial charge in [0.1, 0.15) is 9.75 Å². The Morgan fingerprint density at radius 3 is 2.00 bits per heavy atom. The Morgan fingerprint density at radius 2 is 2.00 bits per heavy atom. The van der Waals surface area contributed by atoms with Crippen LogP contribution in [0, 0.1) is 11.3 Å². The van der Waals surface area contributed by atoms with Crippen LogP contribution in [-0.4, -0.2) is 15.4 Å². The van der Waals surface area contributed by atoms with E-state index in [1.165, 1.54) is 0 Å². The van der Waals surface area contributed by atoms with Crippen LogP contribution in [0.25, 0.3) is 0 Å². The van der Waals surface area contributed by atoms with E-state index in [1.54, 1.807) is 13.8 Å². The molecule has 1 aliphatic carbocycles. The van der Waals surface area contributed by atoms with Crippen molar-refractivity contribution in [2.24, 2.45) is 11.3 Å². The van der Waals surface area contributed by atoms with Crippen molar-refractivity contribution in [3.8, 4) is 0 Å². The van der Waals surface area contributed by atoms with Gasteiger partial charge in [0.2, 0.25) is 0 Å². The van der Waals surface area contributed by atoms with Gasteiger partial charge in [0.05, 0.1) is 0 Å². The molecule has 0 spiro atoms. The van der Waals surface area contributed by atoms with Gasteiger partial charge in [-0.2, -0.15) is 0 Å². The number of aliphatic carboxylic acids is 1. The van der Waals surface area contributed by atoms with Gasteiger partial charge in [-0.1, -0.05) is 13.8 Å². The van der Waals surface area contributed by atoms with Gasteiger partial charge in [0, 0.05) is 5.92 Å². The highest BCUT2D eigenvalue weighted by Crippen LogP contribution is 2.70. The standard InChI is InChI=1S/C7H10Cl2O2/c1-3-6(5(10)11)4(2)7(6,8)9/h4H,3H2,1-2H3,(H,10,11)/t4-,6-/m0/s1. The van der Waals surface area contributed by atoms with E-state index in [4.69, 9.17) is 28.3 Å². The zero-order valence-corrected chi connectivity index (χ0v) is 7.91. The van der Waals surface area contributed by atoms with Gasteiger partial charge >= 0.3 is 5.97 Å². The molecule has 0 bridgehead atoms. The quantitative estimate of drug-likeness (QED) is 0.689. The molecule has 0 amide bonds. The minimum absolute atomic E-state index is 0.152. The van der Waals surface area contributed by atoms with Crippen molar-refractivity contribution in [3.63, 3.8) is 0 Å². The van der Waals surface area contributed by atoms with Gasteiger partial charge < -0.3 is 5.11 Å². The first kappa shape index (κ1) is 9.14. The van der Waals surface area contributed by atoms with E-state index < -0.39 is 15.7 Å². The Labute approximate surface area is 75.5 Å². The summed E-state index contributed by atoms with van der Waals surface area (Å²) in [6, 6.07) is 0. The summed E-state index contributed by atoms with van der Waals surface area (Å²) in [5.74, 6) is -1.04. The Kier molecular flexibility index (Phi) is 1.88. The smallest absolute Gasteiger partial charge is 0.313 e. The first-order valence-electron chi connectivity index (χ1n) is 3.52. The lowest BCUT2D eigenvalue weighted by molar-refractivity contribution is -0.144. The largest absolute Gasteiger partial charge is 0.481 e. The van der Waals surface area contributed by atoms with Gasteiger partial charge in [0.15, 0.2) is 0 Å². The van der Waals surface area contributed by atoms with Gasteiger partial charge in [-0.15, -0.1) is 23.2 Å². The van der Waals surface area contributed by atoms with Gasteiger partial charge in [0.25, 0.3) is 0 Å². The lowest BCUT2D eigenvalue weighted by atomic mass is 10.0. The van der Waals surface area contributed by atoms with Gasteiger partial charge in [-0.25, -0.2) is 0 Å². The molecule has 1 rings (SSSR count). The molecule has 1 fully saturated rings. The molecule has 0 aromatic heterocycles. The van der Waals surface area contributed by atoms with Gasteiger partial charge in [-0.05, 0) is 6.42 Å². The van der Waals surface area contributed by atoms with Gasteiger partial charge in [-0.3, -0.25) is 4.79 Å². The second-order valence-corrected chi connectivity index (χ2v) is 4.36. The summed E-state index contributed by atoms with van der Waals surface area (Å²) < 4.78 is -1.06. The highest BCUT2D eigenvalue weighted by molar-refractivity contribution is 6.53. The lowest BCUT2D eigenvalue weighted by Gasteiger charge is -2.08. The number of rotatable bonds is 2. The van der Waals surface area contributed by atoms with E-state index in [2.05, 4.69) is 0 Å². The molecule has 0 aromatic carbocycles. The number of hydrogen-bond acceptors (Lipinski definition) is 1. The third-order valence-corrected chi connectivity index (χ3v) is 4.06. The lowest BCUT2D eigenvalue weighted by Crippen LogP contribution is -2.20. The molecule has 0 unspecified atom stereocenters. The van der Waals surface area contributed by atoms with E-state index in [0.29, 0.717) is 6.42 Å². The average Bonchev–Trinajstić information content (AvgIpc) is 2.30. The van der Waals surface area contributed by atoms with Crippen molar-refractivity contribution in [1.29, 1.82) is 0 Å². The summed E-state index contributed by atoms with van der Waals surface area (Å²) in [6.45, 7) is 3.55. The second-order valence-electron chi connectivity index (χ2n) is 2.97. The van der Waals surface area contributed by atoms with Crippen molar-refractivity contribution >= 4 is 29.2 Å². The van der Waals surface area contributed by atoms with E-state index in [9.17, 15) is 4.79 Å². The Hall–Kier alpha value is 0.0500. The molecule has 2 atom stereocenters. The van der Waals surface area contributed by atoms with Crippen LogP contribution in [0.2, 0.25) is 0 Å². The molecule has 11 heavy (non-hydrogen) atoms. The van der Waals surface area contributed by atoms with Crippen LogP contribution in [0.3, 0.4) is 0 Å². The number of hydrogen-bond donors (Lipinski definition) is 1. The van der Waals surface area contributed by atoms with Crippen LogP contribution in [0.15, 0.2) is 0 Å². The normalized spacial score (nSPS) is 40.2. The summed E-state index contributed by atoms with van der Waals surface area (Å²) in [6.07, 6.45) is 0.483. The third-order valence-electron chi connectivity index (χ3n) is 2.73. The molecule has 1 saturated carbocycles. The van der Waals surface area contributed by atoms with E-state index in [1.807, 2.05) is 0 Å². The average molecular weight is 197 g/mol. The van der Waals surface area contributed by atoms with E-state index >= 15 is 0 Å². The fourth-order valence-electron chi connectivity index (χ4n) is 1.66. The summed E-state index contributed by atoms with van der Waals surface area (Å²) >= 11 is 11.6. The maximum Gasteiger partial charge on any atom is 0.313 e. The molecule has 1 aliphatic rings. The van der Waals surface area contributed by atoms with Crippen LogP contribution in [-0.2, 0) is 4.79 Å². The highest BCUT2D eigenvalue weighted by Gasteiger charge is 2.77. The van der Waals surface area contributed by atoms with Crippen molar-refractivity contribution in [1.82, 2.24) is 0 Å². The van der Waals surface area contributed by atoms with Crippen molar-refractivity contribution in [2.45, 2.75) is 24.6 Å². The summed E-state index contributed by atoms with van der Waals surface area (Å²) in [7, 11) is 0. The van der Waals surface area contributed by atoms with E-state index in [-0.39, 0.29) is 5.92 Å². The SMILES string of the molecule is CC[C@@]1(C(=O)O)[C@H](C)C1(Cl)Cl. The molecule has 0 aromatic rings. The molecule has 4 heteroatoms. The maximum absolute atomic E-state index is 10.8. The summed E-state index contributed by atoms with van der Waals surface area (Å²) in [4.78, 5) is 10.8. The van der Waals surface area contributed by atoms with Crippen LogP contribution >= 0.6 is 23.2 Å². The van der Waals surface area contributed by atoms with Crippen LogP contribution in [0.5, 0.6) is 0 Å². The minimum atomic E-state index is -1.06. The van der Waals surface area contributed by atoms with Crippen LogP contribution in [0.1, 0.15) is 20.3 Å². The van der Waals surface area contributed by atoms with Crippen molar-refractivity contribution in [2.75, 3.05) is 0 Å². The number of carboxylic acids is 1. The zero-order valence-electron chi connectivity index (χ0n) is 6.40. The Morgan fingerprint density at radius 1 is 1.64 bits per heavy atom. The minimum Gasteiger partial charge on any atom is -0.481 e. The molecule has 0 radical (unpaired) electrons. The molecular weight excluding hydrogens is 187 g/mol. The summed E-state index contributed by atoms with van der Waals surface area (Å²) in [5.41, 5.74) is -0.907. The molecular formula is C7H10Cl2O2. The first-order chi connectivity index (χ1) is 4.91. The molecule has 2 nitrogen and oxygen atoms in total. The molecule has 0 aliphatic heterocycles.